The number of benzene rings is 2. The predicted molar refractivity (Wildman–Crippen MR) is 110 cm³/mol. The van der Waals surface area contributed by atoms with Crippen molar-refractivity contribution in [3.63, 3.8) is 0 Å². The monoisotopic (exact) mass is 455 g/mol. The van der Waals surface area contributed by atoms with Gasteiger partial charge in [-0.15, -0.1) is 24.0 Å². The molecule has 0 saturated heterocycles. The van der Waals surface area contributed by atoms with E-state index in [0.29, 0.717) is 24.9 Å². The fraction of sp³-hybridized carbons (Fsp3) is 0.278. The van der Waals surface area contributed by atoms with Crippen molar-refractivity contribution < 1.29 is 14.2 Å². The topological polar surface area (TPSA) is 78.1 Å². The Morgan fingerprint density at radius 3 is 2.60 bits per heavy atom. The van der Waals surface area contributed by atoms with E-state index in [-0.39, 0.29) is 30.8 Å². The Hall–Kier alpha value is -2.16. The molecule has 3 N–H and O–H groups in total. The minimum atomic E-state index is 0. The van der Waals surface area contributed by atoms with Crippen molar-refractivity contribution in [3.05, 3.63) is 47.5 Å². The highest BCUT2D eigenvalue weighted by Crippen LogP contribution is 2.34. The number of halogens is 1. The lowest BCUT2D eigenvalue weighted by atomic mass is 10.1. The maximum Gasteiger partial charge on any atom is 0.231 e. The molecule has 2 aromatic rings. The quantitative estimate of drug-likeness (QED) is 0.313. The molecule has 0 fully saturated rings. The molecule has 6 nitrogen and oxygen atoms in total. The summed E-state index contributed by atoms with van der Waals surface area (Å²) < 4.78 is 16.2. The highest BCUT2D eigenvalue weighted by molar-refractivity contribution is 14.0. The normalized spacial score (nSPS) is 12.5. The van der Waals surface area contributed by atoms with Gasteiger partial charge in [0.2, 0.25) is 6.79 Å². The summed E-state index contributed by atoms with van der Waals surface area (Å²) >= 11 is 0. The fourth-order valence-corrected chi connectivity index (χ4v) is 2.53. The number of aliphatic imine (C=N–C) groups is 1. The molecule has 1 aliphatic rings. The van der Waals surface area contributed by atoms with E-state index in [4.69, 9.17) is 19.9 Å². The summed E-state index contributed by atoms with van der Waals surface area (Å²) in [7, 11) is 0. The number of nitrogens with two attached hydrogens (primary N) is 1. The molecule has 2 aromatic carbocycles. The first-order valence-electron chi connectivity index (χ1n) is 7.78. The molecule has 0 unspecified atom stereocenters. The van der Waals surface area contributed by atoms with E-state index in [1.54, 1.807) is 0 Å². The molecule has 0 bridgehead atoms. The zero-order chi connectivity index (χ0) is 16.9. The summed E-state index contributed by atoms with van der Waals surface area (Å²) in [6.07, 6.45) is 0. The number of anilines is 1. The molecular formula is C18H22IN3O3. The van der Waals surface area contributed by atoms with Crippen LogP contribution in [0.3, 0.4) is 0 Å². The van der Waals surface area contributed by atoms with Gasteiger partial charge in [-0.05, 0) is 49.2 Å². The average molecular weight is 455 g/mol. The van der Waals surface area contributed by atoms with Crippen LogP contribution in [0.25, 0.3) is 0 Å². The molecule has 134 valence electrons. The summed E-state index contributed by atoms with van der Waals surface area (Å²) in [5.74, 6) is 2.53. The maximum atomic E-state index is 5.91. The Morgan fingerprint density at radius 2 is 1.84 bits per heavy atom. The number of nitrogens with one attached hydrogen (secondary N) is 1. The van der Waals surface area contributed by atoms with Crippen molar-refractivity contribution in [2.75, 3.05) is 25.3 Å². The van der Waals surface area contributed by atoms with E-state index in [1.165, 1.54) is 11.1 Å². The van der Waals surface area contributed by atoms with Crippen LogP contribution in [0.15, 0.2) is 41.4 Å². The van der Waals surface area contributed by atoms with E-state index in [9.17, 15) is 0 Å². The highest BCUT2D eigenvalue weighted by Gasteiger charge is 2.13. The third kappa shape index (κ3) is 5.42. The summed E-state index contributed by atoms with van der Waals surface area (Å²) in [6, 6.07) is 11.6. The van der Waals surface area contributed by atoms with Crippen molar-refractivity contribution in [2.24, 2.45) is 10.7 Å². The molecule has 0 aromatic heterocycles. The third-order valence-corrected chi connectivity index (χ3v) is 3.48. The molecule has 7 heteroatoms. The molecule has 0 saturated carbocycles. The minimum Gasteiger partial charge on any atom is -0.492 e. The van der Waals surface area contributed by atoms with Crippen LogP contribution < -0.4 is 25.3 Å². The molecular weight excluding hydrogens is 433 g/mol. The van der Waals surface area contributed by atoms with Crippen LogP contribution in [0.4, 0.5) is 5.69 Å². The van der Waals surface area contributed by atoms with Crippen LogP contribution >= 0.6 is 24.0 Å². The highest BCUT2D eigenvalue weighted by atomic mass is 127. The Labute approximate surface area is 164 Å². The van der Waals surface area contributed by atoms with Gasteiger partial charge in [0.25, 0.3) is 0 Å². The lowest BCUT2D eigenvalue weighted by Gasteiger charge is -2.09. The molecule has 0 radical (unpaired) electrons. The first kappa shape index (κ1) is 19.2. The van der Waals surface area contributed by atoms with Crippen LogP contribution in [0.1, 0.15) is 11.1 Å². The molecule has 25 heavy (non-hydrogen) atoms. The van der Waals surface area contributed by atoms with E-state index in [0.717, 1.165) is 17.2 Å². The van der Waals surface area contributed by atoms with Gasteiger partial charge < -0.3 is 25.3 Å². The Bertz CT molecular complexity index is 745. The second kappa shape index (κ2) is 8.80. The van der Waals surface area contributed by atoms with Crippen LogP contribution in [0.2, 0.25) is 0 Å². The number of hydrogen-bond acceptors (Lipinski definition) is 4. The number of rotatable bonds is 5. The average Bonchev–Trinajstić information content (AvgIpc) is 2.98. The molecule has 1 heterocycles. The number of aryl methyl sites for hydroxylation is 2. The van der Waals surface area contributed by atoms with Crippen LogP contribution in [-0.4, -0.2) is 25.9 Å². The van der Waals surface area contributed by atoms with Gasteiger partial charge in [-0.1, -0.05) is 6.07 Å². The third-order valence-electron chi connectivity index (χ3n) is 3.48. The Kier molecular flexibility index (Phi) is 6.74. The van der Waals surface area contributed by atoms with E-state index in [1.807, 2.05) is 44.2 Å². The van der Waals surface area contributed by atoms with Gasteiger partial charge in [0.1, 0.15) is 12.4 Å². The SMILES string of the molecule is Cc1cc(C)cc(NC(N)=NCCOc2ccc3c(c2)OCO3)c1.I. The van der Waals surface area contributed by atoms with Crippen molar-refractivity contribution >= 4 is 35.6 Å². The number of hydrogen-bond donors (Lipinski definition) is 2. The maximum absolute atomic E-state index is 5.91. The molecule has 0 amide bonds. The largest absolute Gasteiger partial charge is 0.492 e. The Balaban J connectivity index is 0.00000225. The summed E-state index contributed by atoms with van der Waals surface area (Å²) in [6.45, 7) is 5.23. The smallest absolute Gasteiger partial charge is 0.231 e. The lowest BCUT2D eigenvalue weighted by molar-refractivity contribution is 0.174. The number of ether oxygens (including phenoxy) is 3. The van der Waals surface area contributed by atoms with Gasteiger partial charge in [-0.2, -0.15) is 0 Å². The van der Waals surface area contributed by atoms with Gasteiger partial charge in [0.15, 0.2) is 17.5 Å². The molecule has 3 rings (SSSR count). The number of fused-ring (bicyclic) bond motifs is 1. The zero-order valence-corrected chi connectivity index (χ0v) is 16.6. The van der Waals surface area contributed by atoms with Gasteiger partial charge in [-0.25, -0.2) is 4.99 Å². The van der Waals surface area contributed by atoms with E-state index >= 15 is 0 Å². The zero-order valence-electron chi connectivity index (χ0n) is 14.2. The van der Waals surface area contributed by atoms with Gasteiger partial charge >= 0.3 is 0 Å². The molecule has 1 aliphatic heterocycles. The summed E-state index contributed by atoms with van der Waals surface area (Å²) in [4.78, 5) is 4.27. The number of nitrogens with zero attached hydrogens (tertiary/aromatic N) is 1. The molecule has 0 aliphatic carbocycles. The van der Waals surface area contributed by atoms with E-state index < -0.39 is 0 Å². The van der Waals surface area contributed by atoms with Gasteiger partial charge in [0.05, 0.1) is 6.54 Å². The van der Waals surface area contributed by atoms with Crippen LogP contribution in [-0.2, 0) is 0 Å². The first-order chi connectivity index (χ1) is 11.6. The van der Waals surface area contributed by atoms with Crippen molar-refractivity contribution in [3.8, 4) is 17.2 Å². The standard InChI is InChI=1S/C18H21N3O3.HI/c1-12-7-13(2)9-14(8-12)21-18(19)20-5-6-22-15-3-4-16-17(10-15)24-11-23-16;/h3-4,7-10H,5-6,11H2,1-2H3,(H3,19,20,21);1H. The predicted octanol–water partition coefficient (Wildman–Crippen LogP) is 3.46. The van der Waals surface area contributed by atoms with Crippen LogP contribution in [0, 0.1) is 13.8 Å². The molecule has 0 atom stereocenters. The summed E-state index contributed by atoms with van der Waals surface area (Å²) in [5, 5.41) is 3.09. The second-order valence-corrected chi connectivity index (χ2v) is 5.63. The molecule has 0 spiro atoms. The van der Waals surface area contributed by atoms with E-state index in [2.05, 4.69) is 16.4 Å². The van der Waals surface area contributed by atoms with Crippen molar-refractivity contribution in [2.45, 2.75) is 13.8 Å². The van der Waals surface area contributed by atoms with Gasteiger partial charge in [-0.3, -0.25) is 0 Å². The fourth-order valence-electron chi connectivity index (χ4n) is 2.53. The number of guanidine groups is 1. The van der Waals surface area contributed by atoms with Crippen molar-refractivity contribution in [1.29, 1.82) is 0 Å². The van der Waals surface area contributed by atoms with Crippen LogP contribution in [0.5, 0.6) is 17.2 Å². The summed E-state index contributed by atoms with van der Waals surface area (Å²) in [5.41, 5.74) is 9.20. The lowest BCUT2D eigenvalue weighted by Crippen LogP contribution is -2.23. The first-order valence-corrected chi connectivity index (χ1v) is 7.78. The minimum absolute atomic E-state index is 0. The van der Waals surface area contributed by atoms with Gasteiger partial charge in [0, 0.05) is 11.8 Å². The van der Waals surface area contributed by atoms with Crippen molar-refractivity contribution in [1.82, 2.24) is 0 Å². The Morgan fingerprint density at radius 1 is 1.12 bits per heavy atom. The second-order valence-electron chi connectivity index (χ2n) is 5.63.